The van der Waals surface area contributed by atoms with E-state index in [9.17, 15) is 9.59 Å². The Kier molecular flexibility index (Phi) is 7.41. The normalized spacial score (nSPS) is 16.0. The highest BCUT2D eigenvalue weighted by atomic mass is 35.5. The van der Waals surface area contributed by atoms with E-state index in [1.54, 1.807) is 0 Å². The van der Waals surface area contributed by atoms with Crippen molar-refractivity contribution in [3.05, 3.63) is 61.0 Å². The number of carbonyl (C=O) groups excluding carboxylic acids is 2. The second-order valence-corrected chi connectivity index (χ2v) is 8.10. The topological polar surface area (TPSA) is 55.8 Å². The van der Waals surface area contributed by atoms with E-state index in [4.69, 9.17) is 67.5 Å². The van der Waals surface area contributed by atoms with Crippen LogP contribution in [0.25, 0.3) is 0 Å². The van der Waals surface area contributed by atoms with Gasteiger partial charge in [0, 0.05) is 6.54 Å². The Morgan fingerprint density at radius 2 is 1.52 bits per heavy atom. The summed E-state index contributed by atoms with van der Waals surface area (Å²) in [5.41, 5.74) is 0.836. The molecule has 1 aliphatic rings. The monoisotopic (exact) mass is 495 g/mol. The number of ether oxygens (including phenoxy) is 2. The molecule has 1 atom stereocenters. The number of rotatable bonds is 4. The predicted molar refractivity (Wildman–Crippen MR) is 113 cm³/mol. The van der Waals surface area contributed by atoms with Gasteiger partial charge in [-0.25, -0.2) is 9.59 Å². The third-order valence-corrected chi connectivity index (χ3v) is 6.58. The Hall–Kier alpha value is -1.37. The van der Waals surface area contributed by atoms with Crippen molar-refractivity contribution < 1.29 is 19.1 Å². The van der Waals surface area contributed by atoms with Crippen LogP contribution in [0.4, 0.5) is 4.79 Å². The molecule has 0 radical (unpaired) electrons. The Bertz CT molecular complexity index is 909. The molecule has 0 spiro atoms. The molecule has 1 heterocycles. The highest BCUT2D eigenvalue weighted by molar-refractivity contribution is 6.55. The average Bonchev–Trinajstić information content (AvgIpc) is 3.23. The van der Waals surface area contributed by atoms with Gasteiger partial charge >= 0.3 is 12.1 Å². The smallest absolute Gasteiger partial charge is 0.410 e. The first-order valence-corrected chi connectivity index (χ1v) is 10.4. The summed E-state index contributed by atoms with van der Waals surface area (Å²) < 4.78 is 10.7. The second-order valence-electron chi connectivity index (χ2n) is 6.21. The molecule has 1 fully saturated rings. The minimum atomic E-state index is -0.848. The van der Waals surface area contributed by atoms with Gasteiger partial charge in [0.05, 0.1) is 15.1 Å². The van der Waals surface area contributed by atoms with Crippen molar-refractivity contribution in [3.8, 4) is 5.75 Å². The molecular weight excluding hydrogens is 483 g/mol. The van der Waals surface area contributed by atoms with Crippen LogP contribution in [0, 0.1) is 0 Å². The van der Waals surface area contributed by atoms with E-state index in [1.807, 2.05) is 30.3 Å². The molecule has 5 nitrogen and oxygen atoms in total. The van der Waals surface area contributed by atoms with E-state index >= 15 is 0 Å². The largest absolute Gasteiger partial charge is 0.445 e. The van der Waals surface area contributed by atoms with Crippen LogP contribution >= 0.6 is 58.0 Å². The minimum absolute atomic E-state index is 0.0462. The fourth-order valence-electron chi connectivity index (χ4n) is 2.88. The number of hydrogen-bond acceptors (Lipinski definition) is 4. The molecule has 0 saturated carbocycles. The summed E-state index contributed by atoms with van der Waals surface area (Å²) in [5, 5.41) is -0.506. The SMILES string of the molecule is O=C(Oc1c(Cl)c(Cl)c(Cl)c(Cl)c1Cl)C1CCCN1C(=O)OCc1ccccc1. The zero-order valence-corrected chi connectivity index (χ0v) is 18.5. The fourth-order valence-corrected chi connectivity index (χ4v) is 4.07. The number of amides is 1. The molecule has 1 saturated heterocycles. The average molecular weight is 498 g/mol. The van der Waals surface area contributed by atoms with E-state index in [0.717, 1.165) is 5.56 Å². The molecule has 29 heavy (non-hydrogen) atoms. The highest BCUT2D eigenvalue weighted by Crippen LogP contribution is 2.48. The molecule has 0 aromatic heterocycles. The molecule has 10 heteroatoms. The van der Waals surface area contributed by atoms with Crippen molar-refractivity contribution >= 4 is 70.1 Å². The lowest BCUT2D eigenvalue weighted by molar-refractivity contribution is -0.139. The number of likely N-dealkylation sites (tertiary alicyclic amines) is 1. The second kappa shape index (κ2) is 9.63. The Balaban J connectivity index is 1.71. The van der Waals surface area contributed by atoms with Crippen LogP contribution in [-0.2, 0) is 16.1 Å². The fraction of sp³-hybridized carbons (Fsp3) is 0.263. The maximum Gasteiger partial charge on any atom is 0.410 e. The third-order valence-electron chi connectivity index (χ3n) is 4.34. The van der Waals surface area contributed by atoms with E-state index < -0.39 is 18.1 Å². The van der Waals surface area contributed by atoms with Crippen molar-refractivity contribution in [1.29, 1.82) is 0 Å². The van der Waals surface area contributed by atoms with Gasteiger partial charge in [-0.1, -0.05) is 88.3 Å². The van der Waals surface area contributed by atoms with Crippen molar-refractivity contribution in [1.82, 2.24) is 4.90 Å². The van der Waals surface area contributed by atoms with Crippen molar-refractivity contribution in [2.45, 2.75) is 25.5 Å². The molecule has 1 unspecified atom stereocenters. The summed E-state index contributed by atoms with van der Waals surface area (Å²) in [7, 11) is 0. The van der Waals surface area contributed by atoms with Crippen LogP contribution in [-0.4, -0.2) is 29.5 Å². The predicted octanol–water partition coefficient (Wildman–Crippen LogP) is 6.66. The lowest BCUT2D eigenvalue weighted by atomic mass is 10.2. The molecule has 0 aliphatic carbocycles. The summed E-state index contributed by atoms with van der Waals surface area (Å²) in [6, 6.07) is 8.37. The molecule has 3 rings (SSSR count). The summed E-state index contributed by atoms with van der Waals surface area (Å²) in [4.78, 5) is 26.5. The Labute approximate surface area is 192 Å². The van der Waals surface area contributed by atoms with Crippen LogP contribution in [0.1, 0.15) is 18.4 Å². The number of halogens is 5. The van der Waals surface area contributed by atoms with Gasteiger partial charge in [0.2, 0.25) is 0 Å². The number of esters is 1. The van der Waals surface area contributed by atoms with Crippen LogP contribution in [0.15, 0.2) is 30.3 Å². The van der Waals surface area contributed by atoms with E-state index in [-0.39, 0.29) is 37.5 Å². The molecule has 2 aromatic carbocycles. The molecule has 1 amide bonds. The summed E-state index contributed by atoms with van der Waals surface area (Å²) in [6.07, 6.45) is 0.408. The quantitative estimate of drug-likeness (QED) is 0.205. The van der Waals surface area contributed by atoms with Gasteiger partial charge in [0.1, 0.15) is 22.7 Å². The van der Waals surface area contributed by atoms with Crippen LogP contribution in [0.2, 0.25) is 25.1 Å². The molecular formula is C19H14Cl5NO4. The van der Waals surface area contributed by atoms with Crippen LogP contribution < -0.4 is 4.74 Å². The Morgan fingerprint density at radius 1 is 0.931 bits per heavy atom. The van der Waals surface area contributed by atoms with Crippen molar-refractivity contribution in [3.63, 3.8) is 0 Å². The molecule has 154 valence electrons. The van der Waals surface area contributed by atoms with Crippen molar-refractivity contribution in [2.24, 2.45) is 0 Å². The summed E-state index contributed by atoms with van der Waals surface area (Å²) in [6.45, 7) is 0.453. The minimum Gasteiger partial charge on any atom is -0.445 e. The third kappa shape index (κ3) is 4.86. The summed E-state index contributed by atoms with van der Waals surface area (Å²) in [5.74, 6) is -0.931. The maximum atomic E-state index is 12.7. The van der Waals surface area contributed by atoms with Gasteiger partial charge < -0.3 is 9.47 Å². The van der Waals surface area contributed by atoms with Crippen molar-refractivity contribution in [2.75, 3.05) is 6.54 Å². The van der Waals surface area contributed by atoms with E-state index in [2.05, 4.69) is 0 Å². The molecule has 1 aliphatic heterocycles. The maximum absolute atomic E-state index is 12.7. The van der Waals surface area contributed by atoms with Crippen LogP contribution in [0.3, 0.4) is 0 Å². The van der Waals surface area contributed by atoms with Gasteiger partial charge in [-0.15, -0.1) is 0 Å². The number of carbonyl (C=O) groups is 2. The standard InChI is InChI=1S/C19H14Cl5NO4/c20-12-13(21)15(23)17(16(24)14(12)22)29-18(26)11-7-4-8-25(11)19(27)28-9-10-5-2-1-3-6-10/h1-3,5-6,11H,4,7-9H2. The zero-order chi connectivity index (χ0) is 21.1. The molecule has 0 N–H and O–H groups in total. The van der Waals surface area contributed by atoms with E-state index in [1.165, 1.54) is 4.90 Å². The zero-order valence-electron chi connectivity index (χ0n) is 14.8. The number of nitrogens with zero attached hydrogens (tertiary/aromatic N) is 1. The molecule has 2 aromatic rings. The van der Waals surface area contributed by atoms with Gasteiger partial charge in [0.15, 0.2) is 5.75 Å². The number of benzene rings is 2. The van der Waals surface area contributed by atoms with Gasteiger partial charge in [-0.3, -0.25) is 4.90 Å². The highest BCUT2D eigenvalue weighted by Gasteiger charge is 2.37. The lowest BCUT2D eigenvalue weighted by Gasteiger charge is -2.23. The lowest BCUT2D eigenvalue weighted by Crippen LogP contribution is -2.42. The molecule has 0 bridgehead atoms. The van der Waals surface area contributed by atoms with Crippen LogP contribution in [0.5, 0.6) is 5.75 Å². The number of hydrogen-bond donors (Lipinski definition) is 0. The van der Waals surface area contributed by atoms with Gasteiger partial charge in [0.25, 0.3) is 0 Å². The summed E-state index contributed by atoms with van der Waals surface area (Å²) >= 11 is 30.1. The van der Waals surface area contributed by atoms with Gasteiger partial charge in [-0.2, -0.15) is 0 Å². The van der Waals surface area contributed by atoms with Gasteiger partial charge in [-0.05, 0) is 18.4 Å². The first-order chi connectivity index (χ1) is 13.8. The first kappa shape index (κ1) is 22.3. The Morgan fingerprint density at radius 3 is 2.14 bits per heavy atom. The first-order valence-electron chi connectivity index (χ1n) is 8.51. The van der Waals surface area contributed by atoms with E-state index in [0.29, 0.717) is 19.4 Å².